The first-order chi connectivity index (χ1) is 12.9. The Morgan fingerprint density at radius 2 is 1.89 bits per heavy atom. The molecule has 3 rings (SSSR count). The number of hydrogen-bond acceptors (Lipinski definition) is 5. The van der Waals surface area contributed by atoms with Gasteiger partial charge in [0.25, 0.3) is 0 Å². The number of nitrogens with one attached hydrogen (secondary N) is 2. The van der Waals surface area contributed by atoms with Crippen LogP contribution in [0.4, 0.5) is 11.4 Å². The molecule has 2 amide bonds. The van der Waals surface area contributed by atoms with Gasteiger partial charge in [0.05, 0.1) is 16.5 Å². The number of carbonyl (C=O) groups excluding carboxylic acids is 2. The van der Waals surface area contributed by atoms with E-state index in [2.05, 4.69) is 15.6 Å². The van der Waals surface area contributed by atoms with Crippen LogP contribution in [0.3, 0.4) is 0 Å². The summed E-state index contributed by atoms with van der Waals surface area (Å²) in [5.74, 6) is -1.61. The summed E-state index contributed by atoms with van der Waals surface area (Å²) in [5, 5.41) is 5.21. The van der Waals surface area contributed by atoms with E-state index in [9.17, 15) is 18.0 Å². The maximum atomic E-state index is 12.1. The number of aromatic nitrogens is 1. The van der Waals surface area contributed by atoms with Gasteiger partial charge in [-0.3, -0.25) is 18.9 Å². The van der Waals surface area contributed by atoms with E-state index < -0.39 is 21.8 Å². The summed E-state index contributed by atoms with van der Waals surface area (Å²) < 4.78 is 25.4. The number of carbonyl (C=O) groups is 2. The van der Waals surface area contributed by atoms with Gasteiger partial charge in [0, 0.05) is 31.2 Å². The van der Waals surface area contributed by atoms with Crippen LogP contribution in [0, 0.1) is 0 Å². The van der Waals surface area contributed by atoms with Crippen LogP contribution in [0.25, 0.3) is 0 Å². The largest absolute Gasteiger partial charge is 0.344 e. The molecule has 0 atom stereocenters. The molecule has 0 spiro atoms. The average Bonchev–Trinajstić information content (AvgIpc) is 3.01. The Balaban J connectivity index is 1.67. The molecule has 1 fully saturated rings. The predicted molar refractivity (Wildman–Crippen MR) is 102 cm³/mol. The second kappa shape index (κ2) is 7.93. The zero-order valence-electron chi connectivity index (χ0n) is 14.2. The summed E-state index contributed by atoms with van der Waals surface area (Å²) in [6, 6.07) is 7.87. The van der Waals surface area contributed by atoms with E-state index in [-0.39, 0.29) is 28.7 Å². The van der Waals surface area contributed by atoms with Gasteiger partial charge in [-0.15, -0.1) is 0 Å². The topological polar surface area (TPSA) is 108 Å². The highest BCUT2D eigenvalue weighted by atomic mass is 35.5. The Morgan fingerprint density at radius 1 is 1.15 bits per heavy atom. The second-order valence-corrected chi connectivity index (χ2v) is 8.32. The molecule has 2 aromatic rings. The molecule has 1 saturated heterocycles. The van der Waals surface area contributed by atoms with Crippen molar-refractivity contribution >= 4 is 44.8 Å². The Kier molecular flexibility index (Phi) is 5.62. The third kappa shape index (κ3) is 4.55. The van der Waals surface area contributed by atoms with Gasteiger partial charge in [-0.25, -0.2) is 8.42 Å². The fourth-order valence-corrected chi connectivity index (χ4v) is 4.48. The molecule has 0 saturated carbocycles. The quantitative estimate of drug-likeness (QED) is 0.746. The molecule has 1 aliphatic heterocycles. The Morgan fingerprint density at radius 3 is 2.56 bits per heavy atom. The molecule has 8 nitrogen and oxygen atoms in total. The zero-order valence-corrected chi connectivity index (χ0v) is 15.8. The molecule has 1 aliphatic rings. The average molecular weight is 409 g/mol. The zero-order chi connectivity index (χ0) is 19.4. The molecule has 1 aromatic carbocycles. The SMILES string of the molecule is O=C(NCc1ccncc1)C(=O)Nc1ccc(Cl)c(N2CCCS2(=O)=O)c1. The smallest absolute Gasteiger partial charge is 0.313 e. The molecule has 2 heterocycles. The van der Waals surface area contributed by atoms with Crippen LogP contribution < -0.4 is 14.9 Å². The van der Waals surface area contributed by atoms with Crippen LogP contribution in [-0.4, -0.2) is 37.5 Å². The van der Waals surface area contributed by atoms with Crippen LogP contribution in [0.1, 0.15) is 12.0 Å². The highest BCUT2D eigenvalue weighted by molar-refractivity contribution is 7.93. The number of pyridine rings is 1. The number of hydrogen-bond donors (Lipinski definition) is 2. The maximum absolute atomic E-state index is 12.1. The maximum Gasteiger partial charge on any atom is 0.313 e. The van der Waals surface area contributed by atoms with E-state index in [1.807, 2.05) is 0 Å². The van der Waals surface area contributed by atoms with Crippen molar-refractivity contribution in [2.24, 2.45) is 0 Å². The van der Waals surface area contributed by atoms with E-state index in [1.165, 1.54) is 22.5 Å². The highest BCUT2D eigenvalue weighted by Crippen LogP contribution is 2.33. The molecule has 0 radical (unpaired) electrons. The Labute approximate surface area is 161 Å². The standard InChI is InChI=1S/C17H17ClN4O4S/c18-14-3-2-13(10-15(14)22-8-1-9-27(22,25)26)21-17(24)16(23)20-11-12-4-6-19-7-5-12/h2-7,10H,1,8-9,11H2,(H,20,23)(H,21,24). The molecule has 27 heavy (non-hydrogen) atoms. The summed E-state index contributed by atoms with van der Waals surface area (Å²) in [4.78, 5) is 27.9. The summed E-state index contributed by atoms with van der Waals surface area (Å²) >= 11 is 6.12. The minimum absolute atomic E-state index is 0.0529. The molecule has 142 valence electrons. The number of benzene rings is 1. The normalized spacial score (nSPS) is 15.4. The predicted octanol–water partition coefficient (Wildman–Crippen LogP) is 1.53. The van der Waals surface area contributed by atoms with Crippen molar-refractivity contribution in [3.63, 3.8) is 0 Å². The Bertz CT molecular complexity index is 966. The van der Waals surface area contributed by atoms with Crippen molar-refractivity contribution in [3.05, 3.63) is 53.3 Å². The monoisotopic (exact) mass is 408 g/mol. The number of rotatable bonds is 4. The lowest BCUT2D eigenvalue weighted by Gasteiger charge is -2.19. The van der Waals surface area contributed by atoms with Crippen LogP contribution in [0.5, 0.6) is 0 Å². The Hall–Kier alpha value is -2.65. The molecular weight excluding hydrogens is 392 g/mol. The van der Waals surface area contributed by atoms with E-state index in [0.717, 1.165) is 5.56 Å². The fraction of sp³-hybridized carbons (Fsp3) is 0.235. The summed E-state index contributed by atoms with van der Waals surface area (Å²) in [6.45, 7) is 0.512. The van der Waals surface area contributed by atoms with Crippen molar-refractivity contribution in [2.45, 2.75) is 13.0 Å². The number of halogens is 1. The van der Waals surface area contributed by atoms with Gasteiger partial charge in [0.15, 0.2) is 0 Å². The minimum Gasteiger partial charge on any atom is -0.344 e. The summed E-state index contributed by atoms with van der Waals surface area (Å²) in [5.41, 5.74) is 1.36. The van der Waals surface area contributed by atoms with E-state index >= 15 is 0 Å². The second-order valence-electron chi connectivity index (χ2n) is 5.90. The van der Waals surface area contributed by atoms with Gasteiger partial charge >= 0.3 is 11.8 Å². The molecule has 0 bridgehead atoms. The van der Waals surface area contributed by atoms with E-state index in [1.54, 1.807) is 24.5 Å². The van der Waals surface area contributed by atoms with Crippen LogP contribution >= 0.6 is 11.6 Å². The number of anilines is 2. The third-order valence-corrected chi connectivity index (χ3v) is 6.16. The third-order valence-electron chi connectivity index (χ3n) is 3.98. The molecule has 2 N–H and O–H groups in total. The molecule has 0 unspecified atom stereocenters. The molecule has 1 aromatic heterocycles. The van der Waals surface area contributed by atoms with Crippen molar-refractivity contribution in [1.82, 2.24) is 10.3 Å². The van der Waals surface area contributed by atoms with Gasteiger partial charge in [0.2, 0.25) is 10.0 Å². The number of amides is 2. The van der Waals surface area contributed by atoms with Gasteiger partial charge in [-0.05, 0) is 42.3 Å². The van der Waals surface area contributed by atoms with Crippen molar-refractivity contribution < 1.29 is 18.0 Å². The molecule has 0 aliphatic carbocycles. The first kappa shape index (κ1) is 19.1. The summed E-state index contributed by atoms with van der Waals surface area (Å²) in [7, 11) is -3.41. The summed E-state index contributed by atoms with van der Waals surface area (Å²) in [6.07, 6.45) is 3.68. The van der Waals surface area contributed by atoms with Gasteiger partial charge < -0.3 is 10.6 Å². The first-order valence-electron chi connectivity index (χ1n) is 8.15. The number of nitrogens with zero attached hydrogens (tertiary/aromatic N) is 2. The lowest BCUT2D eigenvalue weighted by molar-refractivity contribution is -0.136. The van der Waals surface area contributed by atoms with Gasteiger partial charge in [-0.1, -0.05) is 11.6 Å². The van der Waals surface area contributed by atoms with Crippen LogP contribution in [-0.2, 0) is 26.2 Å². The first-order valence-corrected chi connectivity index (χ1v) is 10.1. The molecule has 10 heteroatoms. The van der Waals surface area contributed by atoms with Gasteiger partial charge in [0.1, 0.15) is 0 Å². The van der Waals surface area contributed by atoms with E-state index in [4.69, 9.17) is 11.6 Å². The number of sulfonamides is 1. The molecular formula is C17H17ClN4O4S. The highest BCUT2D eigenvalue weighted by Gasteiger charge is 2.30. The van der Waals surface area contributed by atoms with Crippen LogP contribution in [0.2, 0.25) is 5.02 Å². The lowest BCUT2D eigenvalue weighted by Crippen LogP contribution is -2.35. The van der Waals surface area contributed by atoms with Crippen molar-refractivity contribution in [3.8, 4) is 0 Å². The minimum atomic E-state index is -3.41. The van der Waals surface area contributed by atoms with Crippen molar-refractivity contribution in [1.29, 1.82) is 0 Å². The van der Waals surface area contributed by atoms with Gasteiger partial charge in [-0.2, -0.15) is 0 Å². The van der Waals surface area contributed by atoms with E-state index in [0.29, 0.717) is 13.0 Å². The fourth-order valence-electron chi connectivity index (χ4n) is 2.64. The van der Waals surface area contributed by atoms with Crippen molar-refractivity contribution in [2.75, 3.05) is 21.9 Å². The van der Waals surface area contributed by atoms with Crippen LogP contribution in [0.15, 0.2) is 42.7 Å². The lowest BCUT2D eigenvalue weighted by atomic mass is 10.2.